The van der Waals surface area contributed by atoms with Gasteiger partial charge in [0.05, 0.1) is 0 Å². The van der Waals surface area contributed by atoms with Crippen molar-refractivity contribution >= 4 is 11.3 Å². The summed E-state index contributed by atoms with van der Waals surface area (Å²) in [6.07, 6.45) is 1.73. The van der Waals surface area contributed by atoms with Crippen LogP contribution in [-0.2, 0) is 6.54 Å². The van der Waals surface area contributed by atoms with Crippen LogP contribution in [0.15, 0.2) is 11.0 Å². The lowest BCUT2D eigenvalue weighted by Crippen LogP contribution is -2.02. The molecule has 0 radical (unpaired) electrons. The summed E-state index contributed by atoms with van der Waals surface area (Å²) in [4.78, 5) is 14.1. The Morgan fingerprint density at radius 3 is 3.11 bits per heavy atom. The summed E-state index contributed by atoms with van der Waals surface area (Å²) in [7, 11) is 1.85. The number of H-pyrrole nitrogens is 1. The lowest BCUT2D eigenvalue weighted by Gasteiger charge is -1.88. The molecule has 0 aromatic carbocycles. The van der Waals surface area contributed by atoms with Crippen molar-refractivity contribution < 1.29 is 0 Å². The molecule has 1 heterocycles. The molecular formula is C5H8N2OS. The van der Waals surface area contributed by atoms with Crippen molar-refractivity contribution in [1.29, 1.82) is 0 Å². The molecule has 9 heavy (non-hydrogen) atoms. The summed E-state index contributed by atoms with van der Waals surface area (Å²) in [5.74, 6) is 0. The first kappa shape index (κ1) is 6.51. The Balaban J connectivity index is 2.73. The van der Waals surface area contributed by atoms with Crippen molar-refractivity contribution in [3.63, 3.8) is 0 Å². The average molecular weight is 144 g/mol. The first-order valence-corrected chi connectivity index (χ1v) is 3.46. The molecule has 1 aromatic rings. The van der Waals surface area contributed by atoms with Crippen LogP contribution in [0.5, 0.6) is 0 Å². The molecule has 0 bridgehead atoms. The van der Waals surface area contributed by atoms with Crippen LogP contribution in [-0.4, -0.2) is 12.0 Å². The van der Waals surface area contributed by atoms with E-state index in [4.69, 9.17) is 0 Å². The molecule has 0 spiro atoms. The molecule has 1 rings (SSSR count). The third-order valence-electron chi connectivity index (χ3n) is 0.926. The van der Waals surface area contributed by atoms with E-state index in [9.17, 15) is 4.79 Å². The van der Waals surface area contributed by atoms with Gasteiger partial charge in [-0.05, 0) is 7.05 Å². The van der Waals surface area contributed by atoms with Gasteiger partial charge in [0.25, 0.3) is 0 Å². The maximum atomic E-state index is 10.5. The number of rotatable bonds is 2. The molecule has 50 valence electrons. The lowest BCUT2D eigenvalue weighted by atomic mass is 10.5. The van der Waals surface area contributed by atoms with Gasteiger partial charge in [-0.1, -0.05) is 11.3 Å². The van der Waals surface area contributed by atoms with Gasteiger partial charge in [-0.3, -0.25) is 4.79 Å². The number of aromatic nitrogens is 1. The minimum absolute atomic E-state index is 0.0141. The van der Waals surface area contributed by atoms with Gasteiger partial charge in [-0.25, -0.2) is 0 Å². The van der Waals surface area contributed by atoms with Gasteiger partial charge in [0.15, 0.2) is 0 Å². The first-order valence-electron chi connectivity index (χ1n) is 2.65. The third-order valence-corrected chi connectivity index (χ3v) is 1.75. The molecule has 0 aliphatic heterocycles. The summed E-state index contributed by atoms with van der Waals surface area (Å²) in [5, 5.41) is 2.95. The minimum Gasteiger partial charge on any atom is -0.319 e. The van der Waals surface area contributed by atoms with Crippen LogP contribution >= 0.6 is 11.3 Å². The third kappa shape index (κ3) is 1.65. The quantitative estimate of drug-likeness (QED) is 0.621. The van der Waals surface area contributed by atoms with E-state index in [0.717, 1.165) is 11.4 Å². The normalized spacial score (nSPS) is 9.89. The molecule has 0 amide bonds. The fourth-order valence-electron chi connectivity index (χ4n) is 0.579. The lowest BCUT2D eigenvalue weighted by molar-refractivity contribution is 0.829. The predicted octanol–water partition coefficient (Wildman–Crippen LogP) is 0.156. The molecule has 0 atom stereocenters. The first-order chi connectivity index (χ1) is 4.33. The number of nitrogens with one attached hydrogen (secondary N) is 2. The van der Waals surface area contributed by atoms with Gasteiger partial charge in [-0.15, -0.1) is 0 Å². The van der Waals surface area contributed by atoms with Crippen molar-refractivity contribution in [3.8, 4) is 0 Å². The van der Waals surface area contributed by atoms with Gasteiger partial charge in [0.1, 0.15) is 0 Å². The Morgan fingerprint density at radius 2 is 2.67 bits per heavy atom. The molecule has 0 saturated heterocycles. The number of aromatic amines is 1. The fraction of sp³-hybridized carbons (Fsp3) is 0.400. The van der Waals surface area contributed by atoms with Crippen LogP contribution in [0.25, 0.3) is 0 Å². The van der Waals surface area contributed by atoms with Crippen molar-refractivity contribution in [2.24, 2.45) is 0 Å². The topological polar surface area (TPSA) is 44.9 Å². The van der Waals surface area contributed by atoms with E-state index in [1.54, 1.807) is 6.20 Å². The SMILES string of the molecule is CNCc1c[nH]c(=O)s1. The standard InChI is InChI=1S/C5H8N2OS/c1-6-2-4-3-7-5(8)9-4/h3,6H,2H2,1H3,(H,7,8). The van der Waals surface area contributed by atoms with Crippen LogP contribution < -0.4 is 10.2 Å². The van der Waals surface area contributed by atoms with Crippen LogP contribution in [0, 0.1) is 0 Å². The number of hydrogen-bond acceptors (Lipinski definition) is 3. The van der Waals surface area contributed by atoms with Crippen molar-refractivity contribution in [1.82, 2.24) is 10.3 Å². The van der Waals surface area contributed by atoms with E-state index in [1.165, 1.54) is 11.3 Å². The van der Waals surface area contributed by atoms with Crippen LogP contribution in [0.3, 0.4) is 0 Å². The van der Waals surface area contributed by atoms with Crippen LogP contribution in [0.2, 0.25) is 0 Å². The van der Waals surface area contributed by atoms with E-state index in [1.807, 2.05) is 7.05 Å². The average Bonchev–Trinajstić information content (AvgIpc) is 2.17. The highest BCUT2D eigenvalue weighted by atomic mass is 32.1. The molecule has 0 aliphatic carbocycles. The molecule has 2 N–H and O–H groups in total. The summed E-state index contributed by atoms with van der Waals surface area (Å²) in [5.41, 5.74) is 0. The highest BCUT2D eigenvalue weighted by molar-refractivity contribution is 7.09. The van der Waals surface area contributed by atoms with E-state index >= 15 is 0 Å². The fourth-order valence-corrected chi connectivity index (χ4v) is 1.27. The monoisotopic (exact) mass is 144 g/mol. The van der Waals surface area contributed by atoms with Gasteiger partial charge < -0.3 is 10.3 Å². The summed E-state index contributed by atoms with van der Waals surface area (Å²) >= 11 is 1.24. The zero-order valence-electron chi connectivity index (χ0n) is 5.10. The Morgan fingerprint density at radius 1 is 1.89 bits per heavy atom. The predicted molar refractivity (Wildman–Crippen MR) is 37.7 cm³/mol. The molecule has 3 nitrogen and oxygen atoms in total. The Labute approximate surface area is 56.7 Å². The second kappa shape index (κ2) is 2.80. The molecule has 4 heteroatoms. The molecule has 0 fully saturated rings. The maximum Gasteiger partial charge on any atom is 0.304 e. The summed E-state index contributed by atoms with van der Waals surface area (Å²) in [6, 6.07) is 0. The van der Waals surface area contributed by atoms with Gasteiger partial charge in [0.2, 0.25) is 0 Å². The zero-order valence-corrected chi connectivity index (χ0v) is 5.92. The second-order valence-corrected chi connectivity index (χ2v) is 2.77. The van der Waals surface area contributed by atoms with E-state index in [0.29, 0.717) is 0 Å². The minimum atomic E-state index is 0.0141. The van der Waals surface area contributed by atoms with Crippen molar-refractivity contribution in [2.75, 3.05) is 7.05 Å². The highest BCUT2D eigenvalue weighted by Gasteiger charge is 1.92. The molecule has 1 aromatic heterocycles. The van der Waals surface area contributed by atoms with Gasteiger partial charge in [0, 0.05) is 17.6 Å². The van der Waals surface area contributed by atoms with E-state index in [-0.39, 0.29) is 4.87 Å². The van der Waals surface area contributed by atoms with E-state index in [2.05, 4.69) is 10.3 Å². The Hall–Kier alpha value is -0.610. The molecule has 0 saturated carbocycles. The largest absolute Gasteiger partial charge is 0.319 e. The van der Waals surface area contributed by atoms with Crippen LogP contribution in [0.4, 0.5) is 0 Å². The Kier molecular flexibility index (Phi) is 2.02. The van der Waals surface area contributed by atoms with Crippen molar-refractivity contribution in [3.05, 3.63) is 20.7 Å². The molecule has 0 unspecified atom stereocenters. The second-order valence-electron chi connectivity index (χ2n) is 1.67. The van der Waals surface area contributed by atoms with Gasteiger partial charge in [-0.2, -0.15) is 0 Å². The zero-order chi connectivity index (χ0) is 6.69. The maximum absolute atomic E-state index is 10.5. The number of thiazole rings is 1. The smallest absolute Gasteiger partial charge is 0.304 e. The summed E-state index contributed by atoms with van der Waals surface area (Å²) < 4.78 is 0. The number of hydrogen-bond donors (Lipinski definition) is 2. The van der Waals surface area contributed by atoms with E-state index < -0.39 is 0 Å². The molecule has 0 aliphatic rings. The highest BCUT2D eigenvalue weighted by Crippen LogP contribution is 1.97. The Bertz CT molecular complexity index is 227. The molecular weight excluding hydrogens is 136 g/mol. The van der Waals surface area contributed by atoms with Gasteiger partial charge >= 0.3 is 4.87 Å². The summed E-state index contributed by atoms with van der Waals surface area (Å²) in [6.45, 7) is 0.767. The van der Waals surface area contributed by atoms with Crippen LogP contribution in [0.1, 0.15) is 4.88 Å². The van der Waals surface area contributed by atoms with Crippen molar-refractivity contribution in [2.45, 2.75) is 6.54 Å².